The number of aliphatic imine (C=N–C) groups is 1. The summed E-state index contributed by atoms with van der Waals surface area (Å²) in [6, 6.07) is 4.86. The number of nitrogens with one attached hydrogen (secondary N) is 6. The van der Waals surface area contributed by atoms with Crippen LogP contribution in [0.5, 0.6) is 0 Å². The molecule has 1 aromatic carbocycles. The van der Waals surface area contributed by atoms with Gasteiger partial charge in [-0.2, -0.15) is 0 Å². The van der Waals surface area contributed by atoms with E-state index < -0.39 is 48.0 Å². The van der Waals surface area contributed by atoms with Crippen LogP contribution in [0.4, 0.5) is 18.9 Å². The minimum Gasteiger partial charge on any atom is -0.386 e. The highest BCUT2D eigenvalue weighted by atomic mass is 19.3. The first-order chi connectivity index (χ1) is 31.3. The van der Waals surface area contributed by atoms with Crippen molar-refractivity contribution in [2.24, 2.45) is 18.0 Å². The van der Waals surface area contributed by atoms with Crippen LogP contribution in [-0.4, -0.2) is 143 Å². The molecule has 6 N–H and O–H groups in total. The average Bonchev–Trinajstić information content (AvgIpc) is 3.99. The molecule has 348 valence electrons. The zero-order valence-corrected chi connectivity index (χ0v) is 36.1. The van der Waals surface area contributed by atoms with Crippen LogP contribution in [-0.2, 0) is 30.9 Å². The Morgan fingerprint density at radius 3 is 2.58 bits per heavy atom. The topological polar surface area (TPSA) is 214 Å². The number of morpholine rings is 1. The van der Waals surface area contributed by atoms with Crippen molar-refractivity contribution in [1.82, 2.24) is 40.2 Å². The number of para-hydroxylation sites is 1. The van der Waals surface area contributed by atoms with Crippen LogP contribution in [0.15, 0.2) is 63.6 Å². The molecule has 1 unspecified atom stereocenters. The summed E-state index contributed by atoms with van der Waals surface area (Å²) in [7, 11) is 1.67. The van der Waals surface area contributed by atoms with E-state index in [-0.39, 0.29) is 66.7 Å². The van der Waals surface area contributed by atoms with E-state index in [1.165, 1.54) is 15.3 Å². The van der Waals surface area contributed by atoms with E-state index in [4.69, 9.17) is 20.3 Å². The van der Waals surface area contributed by atoms with Crippen molar-refractivity contribution >= 4 is 52.2 Å². The van der Waals surface area contributed by atoms with E-state index in [2.05, 4.69) is 41.0 Å². The molecular formula is C44H55F3N12O6. The fraction of sp³-hybridized carbons (Fsp3) is 0.568. The molecule has 1 aliphatic carbocycles. The molecule has 18 nitrogen and oxygen atoms in total. The van der Waals surface area contributed by atoms with Gasteiger partial charge in [0.25, 0.3) is 12.3 Å². The Bertz CT molecular complexity index is 2420. The third kappa shape index (κ3) is 9.09. The van der Waals surface area contributed by atoms with Gasteiger partial charge in [-0.15, -0.1) is 0 Å². The maximum atomic E-state index is 15.6. The second-order valence-corrected chi connectivity index (χ2v) is 18.1. The number of hydrogen-bond acceptors (Lipinski definition) is 14. The number of anilines is 1. The monoisotopic (exact) mass is 904 g/mol. The molecule has 7 heterocycles. The number of aromatic nitrogens is 2. The first kappa shape index (κ1) is 44.4. The summed E-state index contributed by atoms with van der Waals surface area (Å²) in [6.07, 6.45) is 5.47. The number of imide groups is 1. The minimum absolute atomic E-state index is 0.0847. The molecule has 3 amide bonds. The molecule has 0 spiro atoms. The molecule has 6 fully saturated rings. The number of fused-ring (bicyclic) bond motifs is 3. The van der Waals surface area contributed by atoms with Crippen molar-refractivity contribution in [3.8, 4) is 0 Å². The number of allylic oxidation sites excluding steroid dienone is 1. The normalized spacial score (nSPS) is 29.4. The zero-order valence-electron chi connectivity index (χ0n) is 36.1. The van der Waals surface area contributed by atoms with E-state index in [0.29, 0.717) is 62.0 Å². The molecule has 6 aliphatic heterocycles. The Morgan fingerprint density at radius 2 is 1.89 bits per heavy atom. The number of amides is 3. The van der Waals surface area contributed by atoms with Crippen LogP contribution in [0.25, 0.3) is 11.0 Å². The number of hydrogen-bond donors (Lipinski definition) is 6. The van der Waals surface area contributed by atoms with Gasteiger partial charge in [-0.05, 0) is 69.1 Å². The molecule has 1 aromatic heterocycles. The number of amidine groups is 1. The fourth-order valence-electron chi connectivity index (χ4n) is 10.3. The van der Waals surface area contributed by atoms with Crippen molar-refractivity contribution in [3.05, 3.63) is 64.3 Å². The smallest absolute Gasteiger partial charge is 0.329 e. The maximum absolute atomic E-state index is 15.6. The number of rotatable bonds is 13. The van der Waals surface area contributed by atoms with Gasteiger partial charge in [-0.1, -0.05) is 6.07 Å². The molecule has 21 heteroatoms. The quantitative estimate of drug-likeness (QED) is 0.0974. The Morgan fingerprint density at radius 1 is 1.09 bits per heavy atom. The maximum Gasteiger partial charge on any atom is 0.329 e. The number of carbonyl (C=O) groups excluding carboxylic acids is 3. The fourth-order valence-corrected chi connectivity index (χ4v) is 10.3. The summed E-state index contributed by atoms with van der Waals surface area (Å²) in [6.45, 7) is 3.98. The van der Waals surface area contributed by atoms with Gasteiger partial charge in [-0.25, -0.2) is 23.0 Å². The number of halogens is 3. The molecule has 7 aliphatic rings. The molecule has 1 saturated carbocycles. The van der Waals surface area contributed by atoms with Crippen LogP contribution in [0.1, 0.15) is 57.4 Å². The Hall–Kier alpha value is -5.80. The minimum atomic E-state index is -3.15. The standard InChI is InChI=1S/C44H55F3N12O6/c1-55-39-32(3-2-4-33(39)59(44(55)63)34-9-10-37(60)54-43(34)62)57-19-28(20-57)65-35-12-14-56(22-30(35)45)18-24-5-7-25(8-6-24)51-17-31(38(49)40(46)47)52-42(61)29(16-48)41-50-13-11-36(53-41)58-21-27-15-26(58)23-64-27/h2-4,11,13,16-17,24-28,30,34-35,40,48-51H,5-10,12,14-15,18-23H2,1H3,(H,52,61)(H,54,60,62)/b31-17-,41-29-,48-16?,49-38?/t24-,25-,26-,27-,30-,34?,35+/m1/s1. The van der Waals surface area contributed by atoms with Crippen molar-refractivity contribution in [2.75, 3.05) is 50.8 Å². The SMILES string of the molecule is Cn1c(=O)n(C2CCC(=O)NC2=O)c2cccc(N3CC(O[C@H]4CCN(C[C@H]5CC[C@H](N/C=C(\NC(=O)/C(C=N)=C6\N=C(N7C[C@H]8C[C@@H]7CO8)C=CN6)C(=N)C(F)F)CC5)C[C@H]4F)C3)c21. The average molecular weight is 905 g/mol. The van der Waals surface area contributed by atoms with Gasteiger partial charge in [0.15, 0.2) is 0 Å². The first-order valence-corrected chi connectivity index (χ1v) is 22.4. The first-order valence-electron chi connectivity index (χ1n) is 22.4. The van der Waals surface area contributed by atoms with Gasteiger partial charge in [0.2, 0.25) is 11.8 Å². The van der Waals surface area contributed by atoms with E-state index in [1.807, 2.05) is 12.1 Å². The summed E-state index contributed by atoms with van der Waals surface area (Å²) < 4.78 is 58.3. The number of ether oxygens (including phenoxy) is 2. The lowest BCUT2D eigenvalue weighted by Gasteiger charge is -2.45. The number of benzene rings is 1. The lowest BCUT2D eigenvalue weighted by molar-refractivity contribution is -0.135. The molecular weight excluding hydrogens is 850 g/mol. The van der Waals surface area contributed by atoms with Crippen LogP contribution in [0.3, 0.4) is 0 Å². The van der Waals surface area contributed by atoms with Gasteiger partial charge in [0, 0.05) is 77.4 Å². The number of piperidine rings is 2. The lowest BCUT2D eigenvalue weighted by Crippen LogP contribution is -2.56. The van der Waals surface area contributed by atoms with E-state index in [0.717, 1.165) is 50.6 Å². The van der Waals surface area contributed by atoms with Crippen LogP contribution < -0.4 is 31.9 Å². The highest BCUT2D eigenvalue weighted by molar-refractivity contribution is 6.15. The van der Waals surface area contributed by atoms with Crippen LogP contribution in [0, 0.1) is 16.7 Å². The summed E-state index contributed by atoms with van der Waals surface area (Å²) >= 11 is 0. The van der Waals surface area contributed by atoms with Crippen LogP contribution >= 0.6 is 0 Å². The Kier molecular flexibility index (Phi) is 12.7. The third-order valence-corrected chi connectivity index (χ3v) is 13.8. The summed E-state index contributed by atoms with van der Waals surface area (Å²) in [5.41, 5.74) is 0.143. The number of imidazole rings is 1. The van der Waals surface area contributed by atoms with Gasteiger partial charge in [0.05, 0.1) is 59.0 Å². The predicted molar refractivity (Wildman–Crippen MR) is 235 cm³/mol. The van der Waals surface area contributed by atoms with E-state index in [9.17, 15) is 28.0 Å². The van der Waals surface area contributed by atoms with E-state index in [1.54, 1.807) is 25.4 Å². The Labute approximate surface area is 372 Å². The molecule has 0 radical (unpaired) electrons. The lowest BCUT2D eigenvalue weighted by atomic mass is 9.85. The van der Waals surface area contributed by atoms with Gasteiger partial charge >= 0.3 is 5.69 Å². The molecule has 65 heavy (non-hydrogen) atoms. The van der Waals surface area contributed by atoms with Crippen molar-refractivity contribution < 1.29 is 37.0 Å². The van der Waals surface area contributed by atoms with Crippen molar-refractivity contribution in [3.63, 3.8) is 0 Å². The second kappa shape index (κ2) is 18.6. The number of aryl methyl sites for hydroxylation is 1. The number of alkyl halides is 3. The van der Waals surface area contributed by atoms with Crippen molar-refractivity contribution in [2.45, 2.75) is 100 Å². The molecule has 2 bridgehead atoms. The van der Waals surface area contributed by atoms with Crippen LogP contribution in [0.2, 0.25) is 0 Å². The number of carbonyl (C=O) groups is 3. The van der Waals surface area contributed by atoms with E-state index >= 15 is 4.39 Å². The Balaban J connectivity index is 0.736. The third-order valence-electron chi connectivity index (χ3n) is 13.8. The highest BCUT2D eigenvalue weighted by Crippen LogP contribution is 2.34. The molecule has 2 aromatic rings. The molecule has 9 rings (SSSR count). The second-order valence-electron chi connectivity index (χ2n) is 18.1. The molecule has 5 atom stereocenters. The largest absolute Gasteiger partial charge is 0.386 e. The van der Waals surface area contributed by atoms with Crippen molar-refractivity contribution in [1.29, 1.82) is 10.8 Å². The summed E-state index contributed by atoms with van der Waals surface area (Å²) in [5, 5.41) is 26.8. The summed E-state index contributed by atoms with van der Waals surface area (Å²) in [4.78, 5) is 62.0. The number of likely N-dealkylation sites (tertiary alicyclic amines) is 2. The molecule has 5 saturated heterocycles. The van der Waals surface area contributed by atoms with Gasteiger partial charge in [0.1, 0.15) is 29.6 Å². The number of nitrogens with zero attached hydrogens (tertiary/aromatic N) is 6. The van der Waals surface area contributed by atoms with Gasteiger partial charge < -0.3 is 40.6 Å². The zero-order chi connectivity index (χ0) is 45.5. The van der Waals surface area contributed by atoms with Gasteiger partial charge in [-0.3, -0.25) is 39.1 Å². The summed E-state index contributed by atoms with van der Waals surface area (Å²) in [5.74, 6) is -0.667. The highest BCUT2D eigenvalue weighted by Gasteiger charge is 2.41. The predicted octanol–water partition coefficient (Wildman–Crippen LogP) is 2.18.